The third kappa shape index (κ3) is 8.31. The maximum atomic E-state index is 13.0. The van der Waals surface area contributed by atoms with E-state index in [2.05, 4.69) is 17.6 Å². The van der Waals surface area contributed by atoms with Gasteiger partial charge >= 0.3 is 6.03 Å². The standard InChI is InChI=1S/C20H20Cl2N2O4S.C2H4N2O2/c1-2-3-10-28-18-4-6-19(7-5-18)29(26,27)24-9-8-23(14-20(24)25)17-12-15(21)11-16(22)13-17;3-2(6)4-1-5/h4-7,11-13,20,25H,8-10,14H2,1H3;1H,(H3,3,4,5,6). The van der Waals surface area contributed by atoms with Gasteiger partial charge in [0.15, 0.2) is 0 Å². The number of primary amides is 1. The van der Waals surface area contributed by atoms with E-state index in [0.717, 1.165) is 9.99 Å². The molecule has 188 valence electrons. The van der Waals surface area contributed by atoms with Gasteiger partial charge in [0, 0.05) is 28.8 Å². The average Bonchev–Trinajstić information content (AvgIpc) is 2.79. The Morgan fingerprint density at radius 2 is 1.86 bits per heavy atom. The molecule has 1 saturated heterocycles. The predicted molar refractivity (Wildman–Crippen MR) is 133 cm³/mol. The molecule has 35 heavy (non-hydrogen) atoms. The lowest BCUT2D eigenvalue weighted by Crippen LogP contribution is -2.55. The molecular formula is C22H24Cl2N4O6S. The SMILES string of the molecule is CC#CCOc1ccc(S(=O)(=O)N2CCN(c3cc(Cl)cc(Cl)c3)CC2O)cc1.NC(=O)NC=O. The van der Waals surface area contributed by atoms with Crippen LogP contribution in [0.15, 0.2) is 47.4 Å². The van der Waals surface area contributed by atoms with E-state index in [0.29, 0.717) is 22.3 Å². The van der Waals surface area contributed by atoms with E-state index in [1.165, 1.54) is 12.1 Å². The van der Waals surface area contributed by atoms with E-state index in [9.17, 15) is 23.1 Å². The molecule has 1 aliphatic rings. The molecule has 1 unspecified atom stereocenters. The van der Waals surface area contributed by atoms with Crippen molar-refractivity contribution in [3.8, 4) is 17.6 Å². The molecule has 0 saturated carbocycles. The summed E-state index contributed by atoms with van der Waals surface area (Å²) in [5.74, 6) is 6.01. The third-order valence-corrected chi connectivity index (χ3v) is 6.99. The first-order valence-corrected chi connectivity index (χ1v) is 12.3. The number of urea groups is 1. The topological polar surface area (TPSA) is 142 Å². The Hall–Kier alpha value is -3.01. The fourth-order valence-electron chi connectivity index (χ4n) is 3.08. The fraction of sp³-hybridized carbons (Fsp3) is 0.273. The van der Waals surface area contributed by atoms with Gasteiger partial charge in [-0.05, 0) is 49.4 Å². The van der Waals surface area contributed by atoms with Crippen LogP contribution in [0, 0.1) is 11.8 Å². The zero-order chi connectivity index (χ0) is 26.0. The van der Waals surface area contributed by atoms with Crippen LogP contribution in [-0.2, 0) is 14.8 Å². The van der Waals surface area contributed by atoms with Crippen LogP contribution >= 0.6 is 23.2 Å². The van der Waals surface area contributed by atoms with Crippen molar-refractivity contribution in [2.45, 2.75) is 18.0 Å². The van der Waals surface area contributed by atoms with Crippen molar-refractivity contribution >= 4 is 51.4 Å². The number of nitrogens with one attached hydrogen (secondary N) is 1. The minimum atomic E-state index is -3.85. The molecule has 2 aromatic rings. The number of anilines is 1. The van der Waals surface area contributed by atoms with Crippen LogP contribution in [0.4, 0.5) is 10.5 Å². The Kier molecular flexibility index (Phi) is 10.6. The number of carbonyl (C=O) groups is 2. The summed E-state index contributed by atoms with van der Waals surface area (Å²) in [7, 11) is -3.85. The van der Waals surface area contributed by atoms with Crippen LogP contribution in [0.2, 0.25) is 10.0 Å². The number of piperazine rings is 1. The molecule has 0 radical (unpaired) electrons. The lowest BCUT2D eigenvalue weighted by Gasteiger charge is -2.39. The highest BCUT2D eigenvalue weighted by atomic mass is 35.5. The van der Waals surface area contributed by atoms with Crippen molar-refractivity contribution < 1.29 is 27.9 Å². The van der Waals surface area contributed by atoms with Gasteiger partial charge in [-0.1, -0.05) is 29.1 Å². The van der Waals surface area contributed by atoms with Gasteiger partial charge in [-0.25, -0.2) is 13.2 Å². The minimum absolute atomic E-state index is 0.0877. The summed E-state index contributed by atoms with van der Waals surface area (Å²) < 4.78 is 32.4. The quantitative estimate of drug-likeness (QED) is 0.374. The predicted octanol–water partition coefficient (Wildman–Crippen LogP) is 2.04. The van der Waals surface area contributed by atoms with Gasteiger partial charge in [0.2, 0.25) is 16.4 Å². The van der Waals surface area contributed by atoms with Crippen molar-refractivity contribution in [3.05, 3.63) is 52.5 Å². The summed E-state index contributed by atoms with van der Waals surface area (Å²) >= 11 is 12.1. The summed E-state index contributed by atoms with van der Waals surface area (Å²) in [6.45, 7) is 2.57. The number of β-amino-alcohol motifs (C(OH)–C–C–N with tert-alkyl or cyclic N) is 1. The summed E-state index contributed by atoms with van der Waals surface area (Å²) in [6, 6.07) is 10.3. The fourth-order valence-corrected chi connectivity index (χ4v) is 5.05. The Labute approximate surface area is 213 Å². The highest BCUT2D eigenvalue weighted by Gasteiger charge is 2.35. The minimum Gasteiger partial charge on any atom is -0.481 e. The van der Waals surface area contributed by atoms with E-state index >= 15 is 0 Å². The summed E-state index contributed by atoms with van der Waals surface area (Å²) in [6.07, 6.45) is -0.982. The van der Waals surface area contributed by atoms with Crippen LogP contribution in [0.1, 0.15) is 6.92 Å². The van der Waals surface area contributed by atoms with Gasteiger partial charge in [-0.3, -0.25) is 10.1 Å². The van der Waals surface area contributed by atoms with Crippen LogP contribution in [0.3, 0.4) is 0 Å². The number of halogens is 2. The molecule has 3 rings (SSSR count). The zero-order valence-electron chi connectivity index (χ0n) is 18.6. The van der Waals surface area contributed by atoms with Crippen molar-refractivity contribution in [3.63, 3.8) is 0 Å². The number of hydrogen-bond acceptors (Lipinski definition) is 7. The Morgan fingerprint density at radius 1 is 1.23 bits per heavy atom. The number of rotatable bonds is 6. The third-order valence-electron chi connectivity index (χ3n) is 4.64. The van der Waals surface area contributed by atoms with Crippen LogP contribution in [0.25, 0.3) is 0 Å². The van der Waals surface area contributed by atoms with Gasteiger partial charge < -0.3 is 20.5 Å². The lowest BCUT2D eigenvalue weighted by molar-refractivity contribution is -0.108. The van der Waals surface area contributed by atoms with E-state index in [1.807, 2.05) is 4.90 Å². The molecule has 0 spiro atoms. The number of amides is 3. The molecule has 1 fully saturated rings. The van der Waals surface area contributed by atoms with Crippen LogP contribution < -0.4 is 20.7 Å². The van der Waals surface area contributed by atoms with Gasteiger partial charge in [-0.15, -0.1) is 5.92 Å². The molecule has 2 aromatic carbocycles. The van der Waals surface area contributed by atoms with E-state index in [4.69, 9.17) is 27.9 Å². The smallest absolute Gasteiger partial charge is 0.318 e. The van der Waals surface area contributed by atoms with E-state index in [-0.39, 0.29) is 31.0 Å². The largest absolute Gasteiger partial charge is 0.481 e. The van der Waals surface area contributed by atoms with Crippen molar-refractivity contribution in [2.75, 3.05) is 31.1 Å². The van der Waals surface area contributed by atoms with Gasteiger partial charge in [-0.2, -0.15) is 4.31 Å². The molecule has 0 bridgehead atoms. The van der Waals surface area contributed by atoms with Crippen molar-refractivity contribution in [1.82, 2.24) is 9.62 Å². The number of aliphatic hydroxyl groups is 1. The molecule has 1 heterocycles. The second kappa shape index (κ2) is 13.2. The second-order valence-electron chi connectivity index (χ2n) is 6.98. The highest BCUT2D eigenvalue weighted by molar-refractivity contribution is 7.89. The van der Waals surface area contributed by atoms with Crippen molar-refractivity contribution in [1.29, 1.82) is 0 Å². The molecule has 13 heteroatoms. The molecular weight excluding hydrogens is 519 g/mol. The normalized spacial score (nSPS) is 15.7. The summed E-state index contributed by atoms with van der Waals surface area (Å²) in [5, 5.41) is 13.2. The Balaban J connectivity index is 0.000000641. The number of imide groups is 1. The molecule has 0 aliphatic carbocycles. The Morgan fingerprint density at radius 3 is 2.34 bits per heavy atom. The van der Waals surface area contributed by atoms with Gasteiger partial charge in [0.25, 0.3) is 0 Å². The summed E-state index contributed by atoms with van der Waals surface area (Å²) in [4.78, 5) is 20.6. The average molecular weight is 543 g/mol. The zero-order valence-corrected chi connectivity index (χ0v) is 21.0. The summed E-state index contributed by atoms with van der Waals surface area (Å²) in [5.41, 5.74) is 5.15. The molecule has 3 amide bonds. The number of carbonyl (C=O) groups excluding carboxylic acids is 2. The Bertz CT molecular complexity index is 1180. The molecule has 10 nitrogen and oxygen atoms in total. The first-order chi connectivity index (χ1) is 16.6. The highest BCUT2D eigenvalue weighted by Crippen LogP contribution is 2.29. The maximum Gasteiger partial charge on any atom is 0.318 e. The van der Waals surface area contributed by atoms with E-state index in [1.54, 1.807) is 42.6 Å². The number of aliphatic hydroxyl groups excluding tert-OH is 1. The molecule has 0 aromatic heterocycles. The number of hydrogen-bond donors (Lipinski definition) is 3. The van der Waals surface area contributed by atoms with Crippen LogP contribution in [0.5, 0.6) is 5.75 Å². The monoisotopic (exact) mass is 542 g/mol. The number of nitrogens with zero attached hydrogens (tertiary/aromatic N) is 2. The van der Waals surface area contributed by atoms with Crippen LogP contribution in [-0.4, -0.2) is 62.7 Å². The van der Waals surface area contributed by atoms with E-state index < -0.39 is 22.3 Å². The number of benzene rings is 2. The molecule has 4 N–H and O–H groups in total. The van der Waals surface area contributed by atoms with Crippen molar-refractivity contribution in [2.24, 2.45) is 5.73 Å². The molecule has 1 aliphatic heterocycles. The van der Waals surface area contributed by atoms with Gasteiger partial charge in [0.05, 0.1) is 11.4 Å². The maximum absolute atomic E-state index is 13.0. The number of ether oxygens (including phenoxy) is 1. The lowest BCUT2D eigenvalue weighted by atomic mass is 10.2. The van der Waals surface area contributed by atoms with Gasteiger partial charge in [0.1, 0.15) is 18.6 Å². The molecule has 1 atom stereocenters. The first-order valence-electron chi connectivity index (χ1n) is 10.1. The second-order valence-corrected chi connectivity index (χ2v) is 9.75. The number of nitrogens with two attached hydrogens (primary N) is 1. The number of sulfonamides is 1. The first kappa shape index (κ1) is 28.2.